The summed E-state index contributed by atoms with van der Waals surface area (Å²) in [5, 5.41) is 0. The first-order valence-electron chi connectivity index (χ1n) is 5.70. The maximum Gasteiger partial charge on any atom is 0.133 e. The highest BCUT2D eigenvalue weighted by Gasteiger charge is 2.21. The van der Waals surface area contributed by atoms with Crippen LogP contribution in [0.15, 0.2) is 47.1 Å². The molecule has 1 aromatic carbocycles. The highest BCUT2D eigenvalue weighted by Crippen LogP contribution is 2.33. The number of rotatable bonds is 1. The molecule has 86 valence electrons. The number of ether oxygens (including phenoxy) is 1. The van der Waals surface area contributed by atoms with Crippen LogP contribution in [-0.4, -0.2) is 5.60 Å². The van der Waals surface area contributed by atoms with Crippen molar-refractivity contribution in [3.05, 3.63) is 48.2 Å². The van der Waals surface area contributed by atoms with Crippen LogP contribution in [0.2, 0.25) is 0 Å². The molecule has 0 amide bonds. The average molecular weight is 226 g/mol. The van der Waals surface area contributed by atoms with Crippen molar-refractivity contribution in [2.75, 3.05) is 0 Å². The zero-order chi connectivity index (χ0) is 11.9. The van der Waals surface area contributed by atoms with Crippen molar-refractivity contribution < 1.29 is 9.15 Å². The Balaban J connectivity index is 2.04. The molecule has 3 rings (SSSR count). The standard InChI is InChI=1S/C15H14O2/c1-15(2)8-7-12-10-11(5-6-14(12)17-15)13-4-3-9-16-13/h3-10H,1-2H3. The highest BCUT2D eigenvalue weighted by atomic mass is 16.5. The number of fused-ring (bicyclic) bond motifs is 1. The summed E-state index contributed by atoms with van der Waals surface area (Å²) in [4.78, 5) is 0. The van der Waals surface area contributed by atoms with E-state index < -0.39 is 0 Å². The van der Waals surface area contributed by atoms with E-state index in [1.54, 1.807) is 6.26 Å². The van der Waals surface area contributed by atoms with Gasteiger partial charge in [0.25, 0.3) is 0 Å². The summed E-state index contributed by atoms with van der Waals surface area (Å²) < 4.78 is 11.3. The van der Waals surface area contributed by atoms with Crippen molar-refractivity contribution in [2.45, 2.75) is 19.4 Å². The quantitative estimate of drug-likeness (QED) is 0.729. The first-order valence-corrected chi connectivity index (χ1v) is 5.70. The van der Waals surface area contributed by atoms with Gasteiger partial charge >= 0.3 is 0 Å². The number of benzene rings is 1. The summed E-state index contributed by atoms with van der Waals surface area (Å²) >= 11 is 0. The Bertz CT molecular complexity index is 563. The molecular formula is C15H14O2. The van der Waals surface area contributed by atoms with Crippen LogP contribution in [0.1, 0.15) is 19.4 Å². The van der Waals surface area contributed by atoms with E-state index in [0.717, 1.165) is 22.6 Å². The number of hydrogen-bond donors (Lipinski definition) is 0. The van der Waals surface area contributed by atoms with Gasteiger partial charge in [-0.25, -0.2) is 0 Å². The first kappa shape index (κ1) is 10.2. The lowest BCUT2D eigenvalue weighted by Crippen LogP contribution is -2.27. The molecule has 0 bridgehead atoms. The van der Waals surface area contributed by atoms with Gasteiger partial charge in [-0.05, 0) is 50.3 Å². The molecule has 0 fully saturated rings. The lowest BCUT2D eigenvalue weighted by atomic mass is 10.0. The third kappa shape index (κ3) is 1.86. The van der Waals surface area contributed by atoms with E-state index in [1.807, 2.05) is 38.1 Å². The second-order valence-corrected chi connectivity index (χ2v) is 4.77. The summed E-state index contributed by atoms with van der Waals surface area (Å²) in [6, 6.07) is 9.95. The van der Waals surface area contributed by atoms with E-state index in [9.17, 15) is 0 Å². The van der Waals surface area contributed by atoms with Crippen LogP contribution in [0.25, 0.3) is 17.4 Å². The van der Waals surface area contributed by atoms with E-state index in [1.165, 1.54) is 0 Å². The Hall–Kier alpha value is -1.96. The van der Waals surface area contributed by atoms with Gasteiger partial charge in [-0.2, -0.15) is 0 Å². The van der Waals surface area contributed by atoms with Crippen LogP contribution >= 0.6 is 0 Å². The van der Waals surface area contributed by atoms with E-state index in [0.29, 0.717) is 0 Å². The fourth-order valence-electron chi connectivity index (χ4n) is 1.98. The van der Waals surface area contributed by atoms with Crippen molar-refractivity contribution in [3.63, 3.8) is 0 Å². The van der Waals surface area contributed by atoms with Crippen LogP contribution in [0, 0.1) is 0 Å². The predicted octanol–water partition coefficient (Wildman–Crippen LogP) is 4.13. The molecule has 0 aliphatic carbocycles. The maximum absolute atomic E-state index is 5.87. The smallest absolute Gasteiger partial charge is 0.133 e. The number of furan rings is 1. The molecule has 1 aliphatic heterocycles. The molecule has 1 aromatic heterocycles. The molecule has 1 aliphatic rings. The van der Waals surface area contributed by atoms with Crippen molar-refractivity contribution in [1.82, 2.24) is 0 Å². The molecule has 17 heavy (non-hydrogen) atoms. The maximum atomic E-state index is 5.87. The molecule has 0 unspecified atom stereocenters. The van der Waals surface area contributed by atoms with E-state index in [2.05, 4.69) is 18.2 Å². The van der Waals surface area contributed by atoms with Crippen molar-refractivity contribution in [3.8, 4) is 17.1 Å². The van der Waals surface area contributed by atoms with Crippen molar-refractivity contribution >= 4 is 6.08 Å². The second kappa shape index (κ2) is 3.52. The summed E-state index contributed by atoms with van der Waals surface area (Å²) in [6.45, 7) is 4.10. The summed E-state index contributed by atoms with van der Waals surface area (Å²) in [5.41, 5.74) is 1.94. The monoisotopic (exact) mass is 226 g/mol. The van der Waals surface area contributed by atoms with Gasteiger partial charge in [0.2, 0.25) is 0 Å². The second-order valence-electron chi connectivity index (χ2n) is 4.77. The molecule has 2 heterocycles. The van der Waals surface area contributed by atoms with E-state index in [-0.39, 0.29) is 5.60 Å². The molecule has 0 spiro atoms. The molecule has 0 atom stereocenters. The van der Waals surface area contributed by atoms with Crippen molar-refractivity contribution in [2.24, 2.45) is 0 Å². The SMILES string of the molecule is CC1(C)C=Cc2cc(-c3ccco3)ccc2O1. The molecule has 2 aromatic rings. The fraction of sp³-hybridized carbons (Fsp3) is 0.200. The van der Waals surface area contributed by atoms with Gasteiger partial charge in [-0.1, -0.05) is 6.08 Å². The van der Waals surface area contributed by atoms with Crippen LogP contribution in [0.3, 0.4) is 0 Å². The number of hydrogen-bond acceptors (Lipinski definition) is 2. The van der Waals surface area contributed by atoms with Crippen LogP contribution in [0.4, 0.5) is 0 Å². The first-order chi connectivity index (χ1) is 8.14. The Morgan fingerprint density at radius 3 is 2.76 bits per heavy atom. The molecule has 0 radical (unpaired) electrons. The predicted molar refractivity (Wildman–Crippen MR) is 67.9 cm³/mol. The zero-order valence-electron chi connectivity index (χ0n) is 9.94. The molecule has 0 saturated carbocycles. The Kier molecular flexibility index (Phi) is 2.11. The minimum Gasteiger partial charge on any atom is -0.483 e. The van der Waals surface area contributed by atoms with Gasteiger partial charge in [0, 0.05) is 11.1 Å². The lowest BCUT2D eigenvalue weighted by Gasteiger charge is -2.27. The molecule has 0 N–H and O–H groups in total. The Labute approximate surface area is 101 Å². The summed E-state index contributed by atoms with van der Waals surface area (Å²) in [6.07, 6.45) is 5.86. The largest absolute Gasteiger partial charge is 0.483 e. The average Bonchev–Trinajstić information content (AvgIpc) is 2.81. The third-order valence-electron chi connectivity index (χ3n) is 2.85. The van der Waals surface area contributed by atoms with Crippen LogP contribution in [-0.2, 0) is 0 Å². The van der Waals surface area contributed by atoms with Gasteiger partial charge in [0.15, 0.2) is 0 Å². The lowest BCUT2D eigenvalue weighted by molar-refractivity contribution is 0.159. The van der Waals surface area contributed by atoms with Crippen molar-refractivity contribution in [1.29, 1.82) is 0 Å². The molecule has 2 nitrogen and oxygen atoms in total. The minimum absolute atomic E-state index is 0.223. The zero-order valence-corrected chi connectivity index (χ0v) is 9.94. The molecule has 2 heteroatoms. The van der Waals surface area contributed by atoms with Gasteiger partial charge < -0.3 is 9.15 Å². The Morgan fingerprint density at radius 2 is 2.00 bits per heavy atom. The van der Waals surface area contributed by atoms with Crippen LogP contribution < -0.4 is 4.74 Å². The van der Waals surface area contributed by atoms with E-state index >= 15 is 0 Å². The molecule has 0 saturated heterocycles. The summed E-state index contributed by atoms with van der Waals surface area (Å²) in [5.74, 6) is 1.80. The van der Waals surface area contributed by atoms with Gasteiger partial charge in [0.05, 0.1) is 6.26 Å². The van der Waals surface area contributed by atoms with Gasteiger partial charge in [-0.15, -0.1) is 0 Å². The Morgan fingerprint density at radius 1 is 1.12 bits per heavy atom. The molecular weight excluding hydrogens is 212 g/mol. The minimum atomic E-state index is -0.223. The topological polar surface area (TPSA) is 22.4 Å². The third-order valence-corrected chi connectivity index (χ3v) is 2.85. The fourth-order valence-corrected chi connectivity index (χ4v) is 1.98. The highest BCUT2D eigenvalue weighted by molar-refractivity contribution is 5.69. The van der Waals surface area contributed by atoms with Gasteiger partial charge in [0.1, 0.15) is 17.1 Å². The van der Waals surface area contributed by atoms with E-state index in [4.69, 9.17) is 9.15 Å². The van der Waals surface area contributed by atoms with Gasteiger partial charge in [-0.3, -0.25) is 0 Å². The normalized spacial score (nSPS) is 16.4. The summed E-state index contributed by atoms with van der Waals surface area (Å²) in [7, 11) is 0. The van der Waals surface area contributed by atoms with Crippen LogP contribution in [0.5, 0.6) is 5.75 Å².